The number of methoxy groups -OCH3 is 1. The highest BCUT2D eigenvalue weighted by atomic mass is 32.2. The minimum atomic E-state index is -2.49. The van der Waals surface area contributed by atoms with Crippen molar-refractivity contribution >= 4 is 23.3 Å². The number of carbonyl (C=O) groups is 2. The fourth-order valence-corrected chi connectivity index (χ4v) is 2.63. The molecule has 1 unspecified atom stereocenters. The fourth-order valence-electron chi connectivity index (χ4n) is 2.29. The quantitative estimate of drug-likeness (QED) is 0.642. The van der Waals surface area contributed by atoms with Crippen molar-refractivity contribution in [1.82, 2.24) is 0 Å². The van der Waals surface area contributed by atoms with E-state index in [4.69, 9.17) is 13.5 Å². The van der Waals surface area contributed by atoms with Crippen molar-refractivity contribution in [3.8, 4) is 0 Å². The Morgan fingerprint density at radius 2 is 1.91 bits per heavy atom. The predicted octanol–water partition coefficient (Wildman–Crippen LogP) is 1.63. The highest BCUT2D eigenvalue weighted by Gasteiger charge is 2.30. The SMILES string of the molecule is COC(=O)C1=C[C@@H](OS(=O)O)C[C@H](OC(=O)c2ccccc2)C1. The van der Waals surface area contributed by atoms with Crippen molar-refractivity contribution in [2.45, 2.75) is 25.0 Å². The van der Waals surface area contributed by atoms with Crippen LogP contribution in [0.3, 0.4) is 0 Å². The van der Waals surface area contributed by atoms with Gasteiger partial charge in [-0.15, -0.1) is 0 Å². The van der Waals surface area contributed by atoms with E-state index in [1.165, 1.54) is 13.2 Å². The molecule has 1 aromatic rings. The molecule has 8 heteroatoms. The van der Waals surface area contributed by atoms with Crippen LogP contribution in [0.2, 0.25) is 0 Å². The van der Waals surface area contributed by atoms with Crippen molar-refractivity contribution in [1.29, 1.82) is 0 Å². The van der Waals surface area contributed by atoms with Crippen LogP contribution in [-0.4, -0.2) is 40.0 Å². The van der Waals surface area contributed by atoms with Crippen LogP contribution in [0.15, 0.2) is 42.0 Å². The third-order valence-corrected chi connectivity index (χ3v) is 3.68. The molecule has 124 valence electrons. The summed E-state index contributed by atoms with van der Waals surface area (Å²) in [7, 11) is 1.23. The van der Waals surface area contributed by atoms with Gasteiger partial charge in [-0.25, -0.2) is 9.59 Å². The highest BCUT2D eigenvalue weighted by Crippen LogP contribution is 2.25. The number of benzene rings is 1. The lowest BCUT2D eigenvalue weighted by molar-refractivity contribution is -0.136. The largest absolute Gasteiger partial charge is 0.466 e. The second kappa shape index (κ2) is 8.00. The van der Waals surface area contributed by atoms with E-state index in [0.29, 0.717) is 5.56 Å². The lowest BCUT2D eigenvalue weighted by atomic mass is 9.94. The van der Waals surface area contributed by atoms with E-state index in [1.807, 2.05) is 0 Å². The zero-order chi connectivity index (χ0) is 16.8. The molecule has 0 saturated carbocycles. The Kier molecular flexibility index (Phi) is 6.03. The molecule has 0 fully saturated rings. The van der Waals surface area contributed by atoms with Crippen molar-refractivity contribution in [2.75, 3.05) is 7.11 Å². The van der Waals surface area contributed by atoms with Crippen LogP contribution in [0.25, 0.3) is 0 Å². The molecule has 7 nitrogen and oxygen atoms in total. The molecule has 0 aromatic heterocycles. The molecule has 0 aliphatic heterocycles. The molecule has 0 radical (unpaired) electrons. The van der Waals surface area contributed by atoms with Gasteiger partial charge in [-0.05, 0) is 18.2 Å². The summed E-state index contributed by atoms with van der Waals surface area (Å²) >= 11 is -2.49. The predicted molar refractivity (Wildman–Crippen MR) is 80.6 cm³/mol. The normalized spacial score (nSPS) is 21.9. The molecule has 2 rings (SSSR count). The lowest BCUT2D eigenvalue weighted by Crippen LogP contribution is -2.31. The van der Waals surface area contributed by atoms with Gasteiger partial charge in [0.15, 0.2) is 0 Å². The minimum absolute atomic E-state index is 0.156. The Morgan fingerprint density at radius 3 is 2.52 bits per heavy atom. The Labute approximate surface area is 135 Å². The Balaban J connectivity index is 2.10. The summed E-state index contributed by atoms with van der Waals surface area (Å²) < 4.78 is 34.4. The first-order valence-electron chi connectivity index (χ1n) is 6.82. The van der Waals surface area contributed by atoms with Crippen LogP contribution in [-0.2, 0) is 29.8 Å². The van der Waals surface area contributed by atoms with Crippen LogP contribution >= 0.6 is 0 Å². The molecule has 0 bridgehead atoms. The highest BCUT2D eigenvalue weighted by molar-refractivity contribution is 7.74. The molecule has 0 heterocycles. The van der Waals surface area contributed by atoms with Crippen molar-refractivity contribution < 1.29 is 32.0 Å². The lowest BCUT2D eigenvalue weighted by Gasteiger charge is -2.26. The number of hydrogen-bond acceptors (Lipinski definition) is 6. The molecular weight excluding hydrogens is 324 g/mol. The Hall–Kier alpha value is -2.03. The summed E-state index contributed by atoms with van der Waals surface area (Å²) in [5, 5.41) is 0. The average Bonchev–Trinajstić information content (AvgIpc) is 2.54. The second-order valence-corrected chi connectivity index (χ2v) is 5.50. The third kappa shape index (κ3) is 4.98. The van der Waals surface area contributed by atoms with Gasteiger partial charge < -0.3 is 9.47 Å². The van der Waals surface area contributed by atoms with E-state index in [2.05, 4.69) is 4.74 Å². The molecule has 0 saturated heterocycles. The molecule has 0 amide bonds. The first-order chi connectivity index (χ1) is 11.0. The van der Waals surface area contributed by atoms with Crippen LogP contribution in [0, 0.1) is 0 Å². The van der Waals surface area contributed by atoms with Crippen LogP contribution < -0.4 is 0 Å². The molecule has 1 aliphatic carbocycles. The van der Waals surface area contributed by atoms with E-state index in [9.17, 15) is 13.8 Å². The van der Waals surface area contributed by atoms with Gasteiger partial charge in [0.25, 0.3) is 0 Å². The first-order valence-corrected chi connectivity index (χ1v) is 7.85. The van der Waals surface area contributed by atoms with Gasteiger partial charge in [0.1, 0.15) is 6.10 Å². The maximum Gasteiger partial charge on any atom is 0.338 e. The number of ether oxygens (including phenoxy) is 2. The van der Waals surface area contributed by atoms with Crippen LogP contribution in [0.4, 0.5) is 0 Å². The second-order valence-electron chi connectivity index (χ2n) is 4.87. The Morgan fingerprint density at radius 1 is 1.22 bits per heavy atom. The van der Waals surface area contributed by atoms with E-state index in [0.717, 1.165) is 0 Å². The standard InChI is InChI=1S/C15H16O7S/c1-20-14(16)11-7-12(9-13(8-11)22-23(18)19)21-15(17)10-5-3-2-4-6-10/h2-6,8,12-13H,7,9H2,1H3,(H,18,19)/t12-,13-/m1/s1. The number of hydrogen-bond donors (Lipinski definition) is 1. The molecule has 0 spiro atoms. The zero-order valence-corrected chi connectivity index (χ0v) is 13.2. The third-order valence-electron chi connectivity index (χ3n) is 3.27. The van der Waals surface area contributed by atoms with Gasteiger partial charge in [0.2, 0.25) is 0 Å². The minimum Gasteiger partial charge on any atom is -0.466 e. The van der Waals surface area contributed by atoms with Crippen molar-refractivity contribution in [3.63, 3.8) is 0 Å². The smallest absolute Gasteiger partial charge is 0.338 e. The number of carbonyl (C=O) groups excluding carboxylic acids is 2. The summed E-state index contributed by atoms with van der Waals surface area (Å²) in [4.78, 5) is 23.8. The first kappa shape index (κ1) is 17.3. The number of rotatable bonds is 5. The maximum absolute atomic E-state index is 12.1. The van der Waals surface area contributed by atoms with Gasteiger partial charge in [-0.2, -0.15) is 4.21 Å². The van der Waals surface area contributed by atoms with Gasteiger partial charge in [-0.1, -0.05) is 18.2 Å². The molecular formula is C15H16O7S. The van der Waals surface area contributed by atoms with E-state index >= 15 is 0 Å². The fraction of sp³-hybridized carbons (Fsp3) is 0.333. The molecule has 1 aromatic carbocycles. The zero-order valence-electron chi connectivity index (χ0n) is 12.3. The van der Waals surface area contributed by atoms with Gasteiger partial charge in [0.05, 0.1) is 18.8 Å². The Bertz CT molecular complexity index is 626. The summed E-state index contributed by atoms with van der Waals surface area (Å²) in [5.41, 5.74) is 0.616. The molecule has 23 heavy (non-hydrogen) atoms. The number of esters is 2. The van der Waals surface area contributed by atoms with Crippen molar-refractivity contribution in [2.24, 2.45) is 0 Å². The topological polar surface area (TPSA) is 99.1 Å². The molecule has 1 aliphatic rings. The van der Waals surface area contributed by atoms with Gasteiger partial charge in [-0.3, -0.25) is 8.74 Å². The summed E-state index contributed by atoms with van der Waals surface area (Å²) in [6.07, 6.45) is 0.258. The van der Waals surface area contributed by atoms with E-state index in [1.54, 1.807) is 30.3 Å². The molecule has 3 atom stereocenters. The average molecular weight is 340 g/mol. The summed E-state index contributed by atoms with van der Waals surface area (Å²) in [5.74, 6) is -1.13. The van der Waals surface area contributed by atoms with E-state index < -0.39 is 35.5 Å². The summed E-state index contributed by atoms with van der Waals surface area (Å²) in [6, 6.07) is 8.41. The van der Waals surface area contributed by atoms with Crippen LogP contribution in [0.1, 0.15) is 23.2 Å². The monoisotopic (exact) mass is 340 g/mol. The summed E-state index contributed by atoms with van der Waals surface area (Å²) in [6.45, 7) is 0. The molecule has 1 N–H and O–H groups in total. The maximum atomic E-state index is 12.1. The van der Waals surface area contributed by atoms with Crippen LogP contribution in [0.5, 0.6) is 0 Å². The van der Waals surface area contributed by atoms with Gasteiger partial charge >= 0.3 is 23.3 Å². The van der Waals surface area contributed by atoms with Gasteiger partial charge in [0, 0.05) is 18.4 Å². The van der Waals surface area contributed by atoms with E-state index in [-0.39, 0.29) is 18.4 Å². The van der Waals surface area contributed by atoms with Crippen molar-refractivity contribution in [3.05, 3.63) is 47.5 Å².